The number of nitrogens with zero attached hydrogens (tertiary/aromatic N) is 1. The van der Waals surface area contributed by atoms with E-state index in [0.717, 1.165) is 29.7 Å². The summed E-state index contributed by atoms with van der Waals surface area (Å²) in [5.74, 6) is 0.802. The molecule has 1 aromatic heterocycles. The molecule has 3 heterocycles. The molecule has 20 heavy (non-hydrogen) atoms. The van der Waals surface area contributed by atoms with Crippen molar-refractivity contribution in [2.45, 2.75) is 31.3 Å². The van der Waals surface area contributed by atoms with Crippen LogP contribution in [0.2, 0.25) is 0 Å². The summed E-state index contributed by atoms with van der Waals surface area (Å²) in [6.07, 6.45) is 2.73. The van der Waals surface area contributed by atoms with E-state index in [1.165, 1.54) is 4.88 Å². The molecule has 2 fully saturated rings. The number of amides is 1. The summed E-state index contributed by atoms with van der Waals surface area (Å²) >= 11 is 5.30. The van der Waals surface area contributed by atoms with Gasteiger partial charge in [0, 0.05) is 37.0 Å². The van der Waals surface area contributed by atoms with E-state index in [1.807, 2.05) is 0 Å². The molecule has 0 saturated carbocycles. The van der Waals surface area contributed by atoms with Crippen LogP contribution in [-0.4, -0.2) is 36.5 Å². The average Bonchev–Trinajstić information content (AvgIpc) is 2.86. The SMILES string of the molecule is NCC(c1ccc(Br)s1)N1CCC2NC(=O)CCC2C1. The number of halogens is 1. The molecule has 0 radical (unpaired) electrons. The van der Waals surface area contributed by atoms with Crippen LogP contribution in [0, 0.1) is 5.92 Å². The molecule has 0 bridgehead atoms. The second-order valence-electron chi connectivity index (χ2n) is 5.65. The van der Waals surface area contributed by atoms with Gasteiger partial charge in [0.05, 0.1) is 9.83 Å². The van der Waals surface area contributed by atoms with Crippen LogP contribution in [-0.2, 0) is 4.79 Å². The Morgan fingerprint density at radius 3 is 3.05 bits per heavy atom. The summed E-state index contributed by atoms with van der Waals surface area (Å²) < 4.78 is 1.16. The number of fused-ring (bicyclic) bond motifs is 1. The van der Waals surface area contributed by atoms with Gasteiger partial charge in [-0.25, -0.2) is 0 Å². The predicted molar refractivity (Wildman–Crippen MR) is 84.7 cm³/mol. The molecular weight excluding hydrogens is 338 g/mol. The van der Waals surface area contributed by atoms with Crippen LogP contribution >= 0.6 is 27.3 Å². The fourth-order valence-electron chi connectivity index (χ4n) is 3.37. The van der Waals surface area contributed by atoms with Gasteiger partial charge in [0.1, 0.15) is 0 Å². The Bertz CT molecular complexity index is 493. The van der Waals surface area contributed by atoms with Crippen molar-refractivity contribution in [3.8, 4) is 0 Å². The zero-order valence-electron chi connectivity index (χ0n) is 11.3. The van der Waals surface area contributed by atoms with Crippen LogP contribution in [0.15, 0.2) is 15.9 Å². The molecule has 3 unspecified atom stereocenters. The van der Waals surface area contributed by atoms with Gasteiger partial charge in [-0.05, 0) is 46.8 Å². The van der Waals surface area contributed by atoms with Gasteiger partial charge in [0.25, 0.3) is 0 Å². The summed E-state index contributed by atoms with van der Waals surface area (Å²) in [6, 6.07) is 4.95. The lowest BCUT2D eigenvalue weighted by atomic mass is 9.84. The molecule has 0 spiro atoms. The van der Waals surface area contributed by atoms with E-state index in [9.17, 15) is 4.79 Å². The van der Waals surface area contributed by atoms with Crippen LogP contribution in [0.1, 0.15) is 30.2 Å². The topological polar surface area (TPSA) is 58.4 Å². The number of piperidine rings is 2. The predicted octanol–water partition coefficient (Wildman–Crippen LogP) is 2.11. The van der Waals surface area contributed by atoms with Crippen LogP contribution in [0.3, 0.4) is 0 Å². The molecule has 2 aliphatic rings. The number of nitrogens with two attached hydrogens (primary N) is 1. The van der Waals surface area contributed by atoms with Gasteiger partial charge in [-0.3, -0.25) is 9.69 Å². The van der Waals surface area contributed by atoms with Crippen molar-refractivity contribution in [1.29, 1.82) is 0 Å². The number of hydrogen-bond donors (Lipinski definition) is 2. The highest BCUT2D eigenvalue weighted by atomic mass is 79.9. The number of carbonyl (C=O) groups is 1. The quantitative estimate of drug-likeness (QED) is 0.870. The second kappa shape index (κ2) is 6.13. The Morgan fingerprint density at radius 2 is 2.35 bits per heavy atom. The number of likely N-dealkylation sites (tertiary alicyclic amines) is 1. The standard InChI is InChI=1S/C14H20BrN3OS/c15-13-3-2-12(20-13)11(7-16)18-6-5-10-9(8-18)1-4-14(19)17-10/h2-3,9-11H,1,4-8,16H2,(H,17,19). The third-order valence-corrected chi connectivity index (χ3v) is 6.17. The zero-order valence-corrected chi connectivity index (χ0v) is 13.8. The minimum atomic E-state index is 0.220. The summed E-state index contributed by atoms with van der Waals surface area (Å²) in [6.45, 7) is 2.71. The van der Waals surface area contributed by atoms with Crippen molar-refractivity contribution in [2.75, 3.05) is 19.6 Å². The molecule has 3 rings (SSSR count). The monoisotopic (exact) mass is 357 g/mol. The Labute approximate surface area is 131 Å². The fourth-order valence-corrected chi connectivity index (χ4v) is 4.95. The van der Waals surface area contributed by atoms with Gasteiger partial charge < -0.3 is 11.1 Å². The van der Waals surface area contributed by atoms with E-state index >= 15 is 0 Å². The van der Waals surface area contributed by atoms with Crippen molar-refractivity contribution in [3.05, 3.63) is 20.8 Å². The van der Waals surface area contributed by atoms with Crippen molar-refractivity contribution in [1.82, 2.24) is 10.2 Å². The molecule has 3 N–H and O–H groups in total. The summed E-state index contributed by atoms with van der Waals surface area (Å²) in [5.41, 5.74) is 6.01. The molecule has 3 atom stereocenters. The van der Waals surface area contributed by atoms with Crippen LogP contribution in [0.5, 0.6) is 0 Å². The molecule has 110 valence electrons. The van der Waals surface area contributed by atoms with E-state index in [-0.39, 0.29) is 5.91 Å². The second-order valence-corrected chi connectivity index (χ2v) is 8.14. The van der Waals surface area contributed by atoms with Crippen molar-refractivity contribution in [3.63, 3.8) is 0 Å². The first-order valence-electron chi connectivity index (χ1n) is 7.16. The molecule has 2 aliphatic heterocycles. The number of nitrogens with one attached hydrogen (secondary N) is 1. The number of carbonyl (C=O) groups excluding carboxylic acids is 1. The maximum atomic E-state index is 11.5. The number of thiophene rings is 1. The molecule has 6 heteroatoms. The van der Waals surface area contributed by atoms with Gasteiger partial charge in [-0.1, -0.05) is 0 Å². The molecular formula is C14H20BrN3OS. The summed E-state index contributed by atoms with van der Waals surface area (Å²) in [5, 5.41) is 3.14. The smallest absolute Gasteiger partial charge is 0.220 e. The lowest BCUT2D eigenvalue weighted by molar-refractivity contribution is -0.125. The first-order chi connectivity index (χ1) is 9.67. The Balaban J connectivity index is 1.70. The van der Waals surface area contributed by atoms with Crippen LogP contribution in [0.25, 0.3) is 0 Å². The van der Waals surface area contributed by atoms with Gasteiger partial charge in [-0.2, -0.15) is 0 Å². The third kappa shape index (κ3) is 2.93. The third-order valence-electron chi connectivity index (χ3n) is 4.44. The van der Waals surface area contributed by atoms with E-state index in [4.69, 9.17) is 5.73 Å². The van der Waals surface area contributed by atoms with Crippen molar-refractivity contribution < 1.29 is 4.79 Å². The summed E-state index contributed by atoms with van der Waals surface area (Å²) in [7, 11) is 0. The summed E-state index contributed by atoms with van der Waals surface area (Å²) in [4.78, 5) is 15.3. The number of rotatable bonds is 3. The van der Waals surface area contributed by atoms with Crippen LogP contribution < -0.4 is 11.1 Å². The van der Waals surface area contributed by atoms with Gasteiger partial charge in [-0.15, -0.1) is 11.3 Å². The molecule has 2 saturated heterocycles. The maximum Gasteiger partial charge on any atom is 0.220 e. The lowest BCUT2D eigenvalue weighted by Crippen LogP contribution is -2.55. The van der Waals surface area contributed by atoms with E-state index in [2.05, 4.69) is 38.3 Å². The molecule has 0 aromatic carbocycles. The Kier molecular flexibility index (Phi) is 4.45. The lowest BCUT2D eigenvalue weighted by Gasteiger charge is -2.44. The normalized spacial score (nSPS) is 28.8. The Hall–Kier alpha value is -0.430. The van der Waals surface area contributed by atoms with E-state index in [1.54, 1.807) is 11.3 Å². The highest BCUT2D eigenvalue weighted by molar-refractivity contribution is 9.11. The fraction of sp³-hybridized carbons (Fsp3) is 0.643. The van der Waals surface area contributed by atoms with Gasteiger partial charge in [0.15, 0.2) is 0 Å². The van der Waals surface area contributed by atoms with Gasteiger partial charge in [0.2, 0.25) is 5.91 Å². The largest absolute Gasteiger partial charge is 0.353 e. The minimum absolute atomic E-state index is 0.220. The zero-order chi connectivity index (χ0) is 14.1. The molecule has 1 amide bonds. The maximum absolute atomic E-state index is 11.5. The minimum Gasteiger partial charge on any atom is -0.353 e. The first-order valence-corrected chi connectivity index (χ1v) is 8.77. The van der Waals surface area contributed by atoms with E-state index < -0.39 is 0 Å². The van der Waals surface area contributed by atoms with Crippen LogP contribution in [0.4, 0.5) is 0 Å². The van der Waals surface area contributed by atoms with Crippen molar-refractivity contribution in [2.24, 2.45) is 11.7 Å². The first kappa shape index (κ1) is 14.5. The van der Waals surface area contributed by atoms with E-state index in [0.29, 0.717) is 31.0 Å². The molecule has 1 aromatic rings. The van der Waals surface area contributed by atoms with Crippen molar-refractivity contribution >= 4 is 33.2 Å². The molecule has 4 nitrogen and oxygen atoms in total. The Morgan fingerprint density at radius 1 is 1.50 bits per heavy atom. The highest BCUT2D eigenvalue weighted by Crippen LogP contribution is 2.34. The highest BCUT2D eigenvalue weighted by Gasteiger charge is 2.36. The average molecular weight is 358 g/mol. The molecule has 0 aliphatic carbocycles. The van der Waals surface area contributed by atoms with Gasteiger partial charge >= 0.3 is 0 Å². The number of hydrogen-bond acceptors (Lipinski definition) is 4.